The van der Waals surface area contributed by atoms with Crippen LogP contribution in [-0.2, 0) is 6.54 Å². The lowest BCUT2D eigenvalue weighted by Gasteiger charge is -2.09. The third-order valence-electron chi connectivity index (χ3n) is 2.69. The van der Waals surface area contributed by atoms with E-state index in [-0.39, 0.29) is 17.9 Å². The van der Waals surface area contributed by atoms with E-state index in [0.29, 0.717) is 11.4 Å². The number of aryl methyl sites for hydroxylation is 1. The highest BCUT2D eigenvalue weighted by atomic mass is 19.1. The van der Waals surface area contributed by atoms with Crippen molar-refractivity contribution in [3.63, 3.8) is 0 Å². The number of pyridine rings is 1. The summed E-state index contributed by atoms with van der Waals surface area (Å²) in [4.78, 5) is 15.0. The molecule has 0 aliphatic heterocycles. The van der Waals surface area contributed by atoms with Crippen molar-refractivity contribution in [2.75, 3.05) is 5.32 Å². The van der Waals surface area contributed by atoms with E-state index in [1.54, 1.807) is 18.2 Å². The molecule has 98 valence electrons. The van der Waals surface area contributed by atoms with Gasteiger partial charge in [0, 0.05) is 6.20 Å². The summed E-state index contributed by atoms with van der Waals surface area (Å²) in [5, 5.41) is 11.9. The lowest BCUT2D eigenvalue weighted by molar-refractivity contribution is 0.0695. The predicted octanol–water partition coefficient (Wildman–Crippen LogP) is 2.84. The second kappa shape index (κ2) is 5.48. The first kappa shape index (κ1) is 13.0. The van der Waals surface area contributed by atoms with Crippen LogP contribution in [0.15, 0.2) is 36.5 Å². The number of aromatic nitrogens is 1. The number of nitrogens with zero attached hydrogens (tertiary/aromatic N) is 1. The number of hydrogen-bond donors (Lipinski definition) is 2. The average molecular weight is 260 g/mol. The van der Waals surface area contributed by atoms with Gasteiger partial charge in [-0.3, -0.25) is 4.98 Å². The van der Waals surface area contributed by atoms with Crippen LogP contribution in [0.4, 0.5) is 10.1 Å². The molecule has 1 aromatic heterocycles. The molecule has 0 saturated heterocycles. The van der Waals surface area contributed by atoms with Crippen LogP contribution in [0.5, 0.6) is 0 Å². The van der Waals surface area contributed by atoms with Crippen molar-refractivity contribution < 1.29 is 14.3 Å². The van der Waals surface area contributed by atoms with Gasteiger partial charge in [0.05, 0.1) is 23.5 Å². The zero-order chi connectivity index (χ0) is 13.8. The van der Waals surface area contributed by atoms with E-state index in [2.05, 4.69) is 10.3 Å². The molecule has 0 spiro atoms. The molecule has 2 N–H and O–H groups in total. The molecule has 4 nitrogen and oxygen atoms in total. The van der Waals surface area contributed by atoms with Gasteiger partial charge in [-0.2, -0.15) is 0 Å². The quantitative estimate of drug-likeness (QED) is 0.887. The molecule has 0 atom stereocenters. The van der Waals surface area contributed by atoms with Gasteiger partial charge in [0.2, 0.25) is 0 Å². The van der Waals surface area contributed by atoms with E-state index in [0.717, 1.165) is 5.56 Å². The smallest absolute Gasteiger partial charge is 0.337 e. The molecule has 0 unspecified atom stereocenters. The van der Waals surface area contributed by atoms with Crippen LogP contribution >= 0.6 is 0 Å². The minimum absolute atomic E-state index is 0.114. The Hall–Kier alpha value is -2.43. The van der Waals surface area contributed by atoms with Crippen LogP contribution in [0.3, 0.4) is 0 Å². The van der Waals surface area contributed by atoms with Gasteiger partial charge in [0.1, 0.15) is 5.82 Å². The van der Waals surface area contributed by atoms with Gasteiger partial charge in [-0.1, -0.05) is 6.07 Å². The van der Waals surface area contributed by atoms with E-state index < -0.39 is 5.97 Å². The third kappa shape index (κ3) is 3.07. The van der Waals surface area contributed by atoms with Crippen molar-refractivity contribution >= 4 is 11.7 Å². The highest BCUT2D eigenvalue weighted by Gasteiger charge is 2.10. The lowest BCUT2D eigenvalue weighted by Crippen LogP contribution is -2.10. The first-order chi connectivity index (χ1) is 9.08. The number of carboxylic acid groups (broad SMARTS) is 1. The number of aromatic carboxylic acids is 1. The molecule has 1 heterocycles. The summed E-state index contributed by atoms with van der Waals surface area (Å²) in [5.41, 5.74) is 1.74. The summed E-state index contributed by atoms with van der Waals surface area (Å²) in [6.45, 7) is 2.01. The predicted molar refractivity (Wildman–Crippen MR) is 69.7 cm³/mol. The fourth-order valence-corrected chi connectivity index (χ4v) is 1.73. The number of anilines is 1. The van der Waals surface area contributed by atoms with Crippen molar-refractivity contribution in [2.45, 2.75) is 13.5 Å². The Bertz CT molecular complexity index is 614. The van der Waals surface area contributed by atoms with Crippen molar-refractivity contribution in [3.8, 4) is 0 Å². The topological polar surface area (TPSA) is 62.2 Å². The maximum Gasteiger partial charge on any atom is 0.337 e. The Kier molecular flexibility index (Phi) is 3.75. The van der Waals surface area contributed by atoms with Gasteiger partial charge in [-0.05, 0) is 36.8 Å². The molecular formula is C14H13FN2O2. The maximum absolute atomic E-state index is 13.5. The number of halogens is 1. The maximum atomic E-state index is 13.5. The molecule has 0 fully saturated rings. The number of hydrogen-bond acceptors (Lipinski definition) is 3. The Morgan fingerprint density at radius 2 is 2.21 bits per heavy atom. The SMILES string of the molecule is Cc1ccc(F)c(NCc2ncccc2C(=O)O)c1. The number of benzene rings is 1. The second-order valence-corrected chi connectivity index (χ2v) is 4.14. The van der Waals surface area contributed by atoms with Gasteiger partial charge in [0.25, 0.3) is 0 Å². The molecule has 0 radical (unpaired) electrons. The summed E-state index contributed by atoms with van der Waals surface area (Å²) >= 11 is 0. The first-order valence-electron chi connectivity index (χ1n) is 5.75. The van der Waals surface area contributed by atoms with Crippen LogP contribution in [-0.4, -0.2) is 16.1 Å². The standard InChI is InChI=1S/C14H13FN2O2/c1-9-4-5-11(15)12(7-9)17-8-13-10(14(18)19)3-2-6-16-13/h2-7,17H,8H2,1H3,(H,18,19). The van der Waals surface area contributed by atoms with E-state index in [1.165, 1.54) is 18.3 Å². The minimum Gasteiger partial charge on any atom is -0.478 e. The van der Waals surface area contributed by atoms with Gasteiger partial charge < -0.3 is 10.4 Å². The van der Waals surface area contributed by atoms with Crippen molar-refractivity contribution in [1.29, 1.82) is 0 Å². The summed E-state index contributed by atoms with van der Waals surface area (Å²) in [6, 6.07) is 7.73. The molecule has 2 rings (SSSR count). The molecule has 1 aromatic carbocycles. The summed E-state index contributed by atoms with van der Waals surface area (Å²) in [6.07, 6.45) is 1.51. The summed E-state index contributed by atoms with van der Waals surface area (Å²) in [7, 11) is 0. The number of carboxylic acids is 1. The Labute approximate surface area is 109 Å². The van der Waals surface area contributed by atoms with Gasteiger partial charge in [-0.25, -0.2) is 9.18 Å². The Morgan fingerprint density at radius 1 is 1.42 bits per heavy atom. The number of nitrogens with one attached hydrogen (secondary N) is 1. The van der Waals surface area contributed by atoms with Gasteiger partial charge >= 0.3 is 5.97 Å². The Morgan fingerprint density at radius 3 is 2.95 bits per heavy atom. The molecule has 0 amide bonds. The molecule has 2 aromatic rings. The van der Waals surface area contributed by atoms with Crippen LogP contribution in [0.1, 0.15) is 21.6 Å². The highest BCUT2D eigenvalue weighted by Crippen LogP contribution is 2.17. The average Bonchev–Trinajstić information content (AvgIpc) is 2.40. The third-order valence-corrected chi connectivity index (χ3v) is 2.69. The fourth-order valence-electron chi connectivity index (χ4n) is 1.73. The molecule has 19 heavy (non-hydrogen) atoms. The molecular weight excluding hydrogens is 247 g/mol. The minimum atomic E-state index is -1.05. The van der Waals surface area contributed by atoms with Crippen molar-refractivity contribution in [3.05, 3.63) is 59.2 Å². The van der Waals surface area contributed by atoms with Crippen LogP contribution in [0.25, 0.3) is 0 Å². The van der Waals surface area contributed by atoms with E-state index in [4.69, 9.17) is 5.11 Å². The highest BCUT2D eigenvalue weighted by molar-refractivity contribution is 5.88. The van der Waals surface area contributed by atoms with Crippen molar-refractivity contribution in [1.82, 2.24) is 4.98 Å². The summed E-state index contributed by atoms with van der Waals surface area (Å²) < 4.78 is 13.5. The largest absolute Gasteiger partial charge is 0.478 e. The van der Waals surface area contributed by atoms with E-state index in [1.807, 2.05) is 6.92 Å². The fraction of sp³-hybridized carbons (Fsp3) is 0.143. The monoisotopic (exact) mass is 260 g/mol. The molecule has 0 aliphatic rings. The molecule has 5 heteroatoms. The normalized spacial score (nSPS) is 10.2. The van der Waals surface area contributed by atoms with Crippen molar-refractivity contribution in [2.24, 2.45) is 0 Å². The van der Waals surface area contributed by atoms with Gasteiger partial charge in [0.15, 0.2) is 0 Å². The zero-order valence-corrected chi connectivity index (χ0v) is 10.4. The molecule has 0 bridgehead atoms. The second-order valence-electron chi connectivity index (χ2n) is 4.14. The van der Waals surface area contributed by atoms with Crippen LogP contribution in [0, 0.1) is 12.7 Å². The van der Waals surface area contributed by atoms with E-state index in [9.17, 15) is 9.18 Å². The lowest BCUT2D eigenvalue weighted by atomic mass is 10.1. The van der Waals surface area contributed by atoms with Crippen LogP contribution < -0.4 is 5.32 Å². The summed E-state index contributed by atoms with van der Waals surface area (Å²) in [5.74, 6) is -1.42. The van der Waals surface area contributed by atoms with Crippen LogP contribution in [0.2, 0.25) is 0 Å². The van der Waals surface area contributed by atoms with Gasteiger partial charge in [-0.15, -0.1) is 0 Å². The zero-order valence-electron chi connectivity index (χ0n) is 10.4. The number of carbonyl (C=O) groups is 1. The molecule has 0 aliphatic carbocycles. The Balaban J connectivity index is 2.19. The molecule has 0 saturated carbocycles. The van der Waals surface area contributed by atoms with E-state index >= 15 is 0 Å². The first-order valence-corrected chi connectivity index (χ1v) is 5.75. The number of rotatable bonds is 4.